The van der Waals surface area contributed by atoms with Gasteiger partial charge >= 0.3 is 0 Å². The molecule has 0 aliphatic carbocycles. The average molecular weight is 518 g/mol. The van der Waals surface area contributed by atoms with Crippen molar-refractivity contribution >= 4 is 28.3 Å². The van der Waals surface area contributed by atoms with Crippen molar-refractivity contribution in [3.8, 4) is 11.1 Å². The predicted octanol–water partition coefficient (Wildman–Crippen LogP) is 5.33. The van der Waals surface area contributed by atoms with E-state index in [-0.39, 0.29) is 23.4 Å². The number of halogens is 2. The quantitative estimate of drug-likeness (QED) is 0.385. The fourth-order valence-corrected chi connectivity index (χ4v) is 5.48. The summed E-state index contributed by atoms with van der Waals surface area (Å²) < 4.78 is 30.0. The first kappa shape index (κ1) is 24.4. The minimum absolute atomic E-state index is 0.0855. The van der Waals surface area contributed by atoms with Gasteiger partial charge in [0.2, 0.25) is 5.91 Å². The van der Waals surface area contributed by atoms with Crippen LogP contribution in [0.3, 0.4) is 0 Å². The van der Waals surface area contributed by atoms with Crippen molar-refractivity contribution < 1.29 is 13.6 Å². The van der Waals surface area contributed by atoms with E-state index in [4.69, 9.17) is 0 Å². The molecule has 1 N–H and O–H groups in total. The van der Waals surface area contributed by atoms with Gasteiger partial charge in [0.1, 0.15) is 29.6 Å². The van der Waals surface area contributed by atoms with Gasteiger partial charge in [-0.05, 0) is 49.1 Å². The molecule has 0 unspecified atom stereocenters. The maximum atomic E-state index is 15.1. The molecule has 6 rings (SSSR count). The fraction of sp³-hybridized carbons (Fsp3) is 0.393. The lowest BCUT2D eigenvalue weighted by Gasteiger charge is -2.32. The largest absolute Gasteiger partial charge is 0.356 e. The third kappa shape index (κ3) is 4.37. The van der Waals surface area contributed by atoms with Crippen LogP contribution in [-0.2, 0) is 4.79 Å². The van der Waals surface area contributed by atoms with E-state index < -0.39 is 11.6 Å². The molecule has 2 aromatic heterocycles. The molecule has 2 saturated heterocycles. The number of carbonyl (C=O) groups is 1. The molecular formula is C28H29F2N7O. The van der Waals surface area contributed by atoms with Crippen LogP contribution in [0, 0.1) is 11.6 Å². The minimum atomic E-state index is -0.514. The van der Waals surface area contributed by atoms with Crippen LogP contribution in [0.1, 0.15) is 63.0 Å². The van der Waals surface area contributed by atoms with Crippen molar-refractivity contribution in [2.24, 2.45) is 0 Å². The monoisotopic (exact) mass is 517 g/mol. The fourth-order valence-electron chi connectivity index (χ4n) is 5.48. The van der Waals surface area contributed by atoms with E-state index in [9.17, 15) is 9.18 Å². The van der Waals surface area contributed by atoms with Gasteiger partial charge in [0.25, 0.3) is 0 Å². The van der Waals surface area contributed by atoms with Crippen molar-refractivity contribution in [1.82, 2.24) is 25.1 Å². The summed E-state index contributed by atoms with van der Waals surface area (Å²) in [6, 6.07) is 7.47. The topological polar surface area (TPSA) is 90.9 Å². The molecule has 10 heteroatoms. The number of fused-ring (bicyclic) bond motifs is 1. The zero-order valence-electron chi connectivity index (χ0n) is 21.4. The lowest BCUT2D eigenvalue weighted by molar-refractivity contribution is -0.117. The zero-order chi connectivity index (χ0) is 26.4. The highest BCUT2D eigenvalue weighted by molar-refractivity contribution is 6.00. The maximum absolute atomic E-state index is 15.1. The first-order valence-electron chi connectivity index (χ1n) is 13.1. The molecule has 38 heavy (non-hydrogen) atoms. The van der Waals surface area contributed by atoms with E-state index in [0.717, 1.165) is 37.6 Å². The molecule has 2 fully saturated rings. The van der Waals surface area contributed by atoms with Gasteiger partial charge in [-0.2, -0.15) is 5.10 Å². The number of piperidine rings is 1. The standard InChI is InChI=1S/C28H29F2N7O/c1-16(2)26-33-27(35-34-26)17-7-10-36(11-8-17)28-21-14-19(29)13-20(25(21)31-15-32-28)18-5-6-23(22(30)12-18)37-9-3-4-24(37)38/h5-6,12-17H,3-4,7-11H2,1-2H3,(H,33,34,35). The number of nitrogens with zero attached hydrogens (tertiary/aromatic N) is 6. The van der Waals surface area contributed by atoms with Crippen LogP contribution in [0.2, 0.25) is 0 Å². The lowest BCUT2D eigenvalue weighted by Crippen LogP contribution is -2.34. The van der Waals surface area contributed by atoms with Crippen molar-refractivity contribution in [3.63, 3.8) is 0 Å². The molecule has 0 saturated carbocycles. The number of hydrogen-bond acceptors (Lipinski definition) is 6. The SMILES string of the molecule is CC(C)c1n[nH]c(C2CCN(c3ncnc4c(-c5ccc(N6CCCC6=O)c(F)c5)cc(F)cc34)CC2)n1. The molecular weight excluding hydrogens is 488 g/mol. The zero-order valence-corrected chi connectivity index (χ0v) is 21.4. The van der Waals surface area contributed by atoms with Crippen LogP contribution in [0.25, 0.3) is 22.0 Å². The van der Waals surface area contributed by atoms with Crippen molar-refractivity contribution in [3.05, 3.63) is 59.9 Å². The van der Waals surface area contributed by atoms with E-state index >= 15 is 4.39 Å². The van der Waals surface area contributed by atoms with E-state index in [1.54, 1.807) is 12.1 Å². The molecule has 2 aromatic carbocycles. The summed E-state index contributed by atoms with van der Waals surface area (Å²) in [5, 5.41) is 8.02. The Morgan fingerprint density at radius 3 is 2.55 bits per heavy atom. The number of carbonyl (C=O) groups excluding carboxylic acids is 1. The Morgan fingerprint density at radius 2 is 1.87 bits per heavy atom. The molecule has 8 nitrogen and oxygen atoms in total. The molecule has 1 amide bonds. The molecule has 4 aromatic rings. The van der Waals surface area contributed by atoms with Gasteiger partial charge < -0.3 is 9.80 Å². The van der Waals surface area contributed by atoms with Crippen LogP contribution >= 0.6 is 0 Å². The van der Waals surface area contributed by atoms with Gasteiger partial charge in [0.15, 0.2) is 5.82 Å². The van der Waals surface area contributed by atoms with Crippen molar-refractivity contribution in [2.45, 2.75) is 51.4 Å². The molecule has 0 bridgehead atoms. The van der Waals surface area contributed by atoms with E-state index in [1.807, 2.05) is 0 Å². The van der Waals surface area contributed by atoms with Crippen LogP contribution in [-0.4, -0.2) is 50.7 Å². The first-order chi connectivity index (χ1) is 18.4. The Kier molecular flexibility index (Phi) is 6.25. The van der Waals surface area contributed by atoms with Crippen LogP contribution in [0.4, 0.5) is 20.3 Å². The second kappa shape index (κ2) is 9.74. The number of aromatic nitrogens is 5. The van der Waals surface area contributed by atoms with Gasteiger partial charge in [-0.3, -0.25) is 9.89 Å². The Morgan fingerprint density at radius 1 is 1.05 bits per heavy atom. The number of aromatic amines is 1. The van der Waals surface area contributed by atoms with Gasteiger partial charge in [-0.25, -0.2) is 23.7 Å². The summed E-state index contributed by atoms with van der Waals surface area (Å²) in [7, 11) is 0. The predicted molar refractivity (Wildman–Crippen MR) is 141 cm³/mol. The number of benzene rings is 2. The summed E-state index contributed by atoms with van der Waals surface area (Å²) in [6.07, 6.45) is 4.33. The molecule has 0 spiro atoms. The van der Waals surface area contributed by atoms with E-state index in [0.29, 0.717) is 47.2 Å². The highest BCUT2D eigenvalue weighted by Gasteiger charge is 2.27. The molecule has 2 aliphatic rings. The summed E-state index contributed by atoms with van der Waals surface area (Å²) in [5.74, 6) is 1.89. The smallest absolute Gasteiger partial charge is 0.227 e. The first-order valence-corrected chi connectivity index (χ1v) is 13.1. The minimum Gasteiger partial charge on any atom is -0.356 e. The van der Waals surface area contributed by atoms with E-state index in [1.165, 1.54) is 29.4 Å². The lowest BCUT2D eigenvalue weighted by atomic mass is 9.95. The summed E-state index contributed by atoms with van der Waals surface area (Å²) in [6.45, 7) is 6.10. The van der Waals surface area contributed by atoms with Crippen LogP contribution < -0.4 is 9.80 Å². The summed E-state index contributed by atoms with van der Waals surface area (Å²) in [4.78, 5) is 29.4. The number of H-pyrrole nitrogens is 1. The number of rotatable bonds is 5. The third-order valence-corrected chi connectivity index (χ3v) is 7.52. The molecule has 196 valence electrons. The molecule has 0 atom stereocenters. The molecule has 2 aliphatic heterocycles. The highest BCUT2D eigenvalue weighted by Crippen LogP contribution is 2.37. The Bertz CT molecular complexity index is 1510. The maximum Gasteiger partial charge on any atom is 0.227 e. The number of anilines is 2. The number of hydrogen-bond donors (Lipinski definition) is 1. The summed E-state index contributed by atoms with van der Waals surface area (Å²) in [5.41, 5.74) is 1.79. The van der Waals surface area contributed by atoms with Gasteiger partial charge in [0, 0.05) is 48.8 Å². The van der Waals surface area contributed by atoms with E-state index in [2.05, 4.69) is 43.9 Å². The van der Waals surface area contributed by atoms with Crippen LogP contribution in [0.15, 0.2) is 36.7 Å². The number of amides is 1. The molecule has 4 heterocycles. The molecule has 0 radical (unpaired) electrons. The Balaban J connectivity index is 1.29. The van der Waals surface area contributed by atoms with Gasteiger partial charge in [0.05, 0.1) is 11.2 Å². The second-order valence-corrected chi connectivity index (χ2v) is 10.4. The normalized spacial score (nSPS) is 16.8. The summed E-state index contributed by atoms with van der Waals surface area (Å²) >= 11 is 0. The van der Waals surface area contributed by atoms with Gasteiger partial charge in [-0.1, -0.05) is 19.9 Å². The number of nitrogens with one attached hydrogen (secondary N) is 1. The Hall–Kier alpha value is -3.95. The average Bonchev–Trinajstić information content (AvgIpc) is 3.58. The van der Waals surface area contributed by atoms with Crippen molar-refractivity contribution in [2.75, 3.05) is 29.4 Å². The Labute approximate surface area is 219 Å². The van der Waals surface area contributed by atoms with Gasteiger partial charge in [-0.15, -0.1) is 0 Å². The highest BCUT2D eigenvalue weighted by atomic mass is 19.1. The van der Waals surface area contributed by atoms with Crippen LogP contribution in [0.5, 0.6) is 0 Å². The second-order valence-electron chi connectivity index (χ2n) is 10.4. The van der Waals surface area contributed by atoms with Crippen molar-refractivity contribution in [1.29, 1.82) is 0 Å². The third-order valence-electron chi connectivity index (χ3n) is 7.52.